The molecular weight excluding hydrogens is 415 g/mol. The molecule has 1 aliphatic heterocycles. The molecule has 0 atom stereocenters. The van der Waals surface area contributed by atoms with Crippen molar-refractivity contribution in [2.24, 2.45) is 0 Å². The maximum Gasteiger partial charge on any atom is 0.227 e. The van der Waals surface area contributed by atoms with Crippen LogP contribution in [0.1, 0.15) is 30.7 Å². The maximum atomic E-state index is 13.8. The second-order valence-electron chi connectivity index (χ2n) is 7.56. The molecule has 2 aromatic carbocycles. The highest BCUT2D eigenvalue weighted by molar-refractivity contribution is 5.98. The van der Waals surface area contributed by atoms with Crippen molar-refractivity contribution in [2.45, 2.75) is 32.6 Å². The first kappa shape index (κ1) is 21.5. The van der Waals surface area contributed by atoms with Crippen LogP contribution in [0, 0.1) is 12.7 Å². The van der Waals surface area contributed by atoms with Gasteiger partial charge in [0.1, 0.15) is 11.6 Å². The molecule has 166 valence electrons. The summed E-state index contributed by atoms with van der Waals surface area (Å²) in [5.41, 5.74) is 2.24. The Labute approximate surface area is 184 Å². The van der Waals surface area contributed by atoms with Crippen LogP contribution in [0.2, 0.25) is 0 Å². The molecule has 3 aromatic rings. The van der Waals surface area contributed by atoms with Gasteiger partial charge in [-0.1, -0.05) is 17.3 Å². The summed E-state index contributed by atoms with van der Waals surface area (Å²) in [6.45, 7) is 2.30. The summed E-state index contributed by atoms with van der Waals surface area (Å²) >= 11 is 0. The molecule has 0 bridgehead atoms. The lowest BCUT2D eigenvalue weighted by atomic mass is 10.1. The van der Waals surface area contributed by atoms with E-state index in [0.29, 0.717) is 41.2 Å². The number of carbonyl (C=O) groups is 2. The first-order valence-corrected chi connectivity index (χ1v) is 10.3. The van der Waals surface area contributed by atoms with E-state index in [-0.39, 0.29) is 42.2 Å². The largest absolute Gasteiger partial charge is 0.495 e. The Hall–Kier alpha value is -3.75. The van der Waals surface area contributed by atoms with Crippen LogP contribution >= 0.6 is 0 Å². The molecule has 0 spiro atoms. The van der Waals surface area contributed by atoms with E-state index in [9.17, 15) is 14.0 Å². The van der Waals surface area contributed by atoms with Gasteiger partial charge in [-0.2, -0.15) is 4.98 Å². The van der Waals surface area contributed by atoms with Gasteiger partial charge in [0.25, 0.3) is 0 Å². The van der Waals surface area contributed by atoms with Crippen molar-refractivity contribution in [3.63, 3.8) is 0 Å². The third-order valence-corrected chi connectivity index (χ3v) is 5.29. The van der Waals surface area contributed by atoms with E-state index in [1.165, 1.54) is 6.07 Å². The van der Waals surface area contributed by atoms with Crippen LogP contribution in [0.3, 0.4) is 0 Å². The molecule has 8 nitrogen and oxygen atoms in total. The summed E-state index contributed by atoms with van der Waals surface area (Å²) in [6.07, 6.45) is 1.65. The Morgan fingerprint density at radius 1 is 1.28 bits per heavy atom. The van der Waals surface area contributed by atoms with E-state index in [1.807, 2.05) is 0 Å². The normalized spacial score (nSPS) is 13.5. The van der Waals surface area contributed by atoms with E-state index in [2.05, 4.69) is 15.5 Å². The number of halogens is 1. The highest BCUT2D eigenvalue weighted by Crippen LogP contribution is 2.34. The number of benzene rings is 2. The summed E-state index contributed by atoms with van der Waals surface area (Å²) in [4.78, 5) is 30.5. The number of ether oxygens (including phenoxy) is 1. The van der Waals surface area contributed by atoms with Gasteiger partial charge in [0.2, 0.25) is 23.5 Å². The Morgan fingerprint density at radius 3 is 2.84 bits per heavy atom. The lowest BCUT2D eigenvalue weighted by Crippen LogP contribution is -2.24. The Kier molecular flexibility index (Phi) is 6.16. The molecule has 1 N–H and O–H groups in total. The van der Waals surface area contributed by atoms with E-state index >= 15 is 0 Å². The summed E-state index contributed by atoms with van der Waals surface area (Å²) in [7, 11) is 1.54. The van der Waals surface area contributed by atoms with Crippen molar-refractivity contribution < 1.29 is 23.2 Å². The van der Waals surface area contributed by atoms with Crippen LogP contribution in [0.15, 0.2) is 40.9 Å². The minimum Gasteiger partial charge on any atom is -0.495 e. The average molecular weight is 438 g/mol. The SMILES string of the molecule is COc1ccc(NC(=O)CCc2nc(-c3ccc(C)c(F)c3)no2)cc1N1CCCC1=O. The smallest absolute Gasteiger partial charge is 0.227 e. The second kappa shape index (κ2) is 9.17. The highest BCUT2D eigenvalue weighted by Gasteiger charge is 2.25. The van der Waals surface area contributed by atoms with Gasteiger partial charge in [-0.15, -0.1) is 0 Å². The number of carbonyl (C=O) groups excluding carboxylic acids is 2. The maximum absolute atomic E-state index is 13.8. The van der Waals surface area contributed by atoms with E-state index in [4.69, 9.17) is 9.26 Å². The molecule has 9 heteroatoms. The number of hydrogen-bond acceptors (Lipinski definition) is 6. The van der Waals surface area contributed by atoms with Gasteiger partial charge in [-0.05, 0) is 43.2 Å². The minimum absolute atomic E-state index is 0.0347. The summed E-state index contributed by atoms with van der Waals surface area (Å²) in [6, 6.07) is 9.89. The number of amides is 2. The number of anilines is 2. The molecule has 0 unspecified atom stereocenters. The van der Waals surface area contributed by atoms with Crippen molar-refractivity contribution in [1.82, 2.24) is 10.1 Å². The number of methoxy groups -OCH3 is 1. The minimum atomic E-state index is -0.345. The lowest BCUT2D eigenvalue weighted by Gasteiger charge is -2.20. The van der Waals surface area contributed by atoms with Gasteiger partial charge >= 0.3 is 0 Å². The van der Waals surface area contributed by atoms with E-state index < -0.39 is 0 Å². The quantitative estimate of drug-likeness (QED) is 0.601. The van der Waals surface area contributed by atoms with Crippen molar-refractivity contribution in [1.29, 1.82) is 0 Å². The summed E-state index contributed by atoms with van der Waals surface area (Å²) < 4.78 is 24.3. The molecule has 32 heavy (non-hydrogen) atoms. The lowest BCUT2D eigenvalue weighted by molar-refractivity contribution is -0.117. The summed E-state index contributed by atoms with van der Waals surface area (Å²) in [5, 5.41) is 6.69. The van der Waals surface area contributed by atoms with E-state index in [1.54, 1.807) is 49.3 Å². The monoisotopic (exact) mass is 438 g/mol. The zero-order valence-electron chi connectivity index (χ0n) is 17.9. The average Bonchev–Trinajstić information content (AvgIpc) is 3.43. The Morgan fingerprint density at radius 2 is 2.12 bits per heavy atom. The van der Waals surface area contributed by atoms with Crippen LogP contribution in [0.4, 0.5) is 15.8 Å². The highest BCUT2D eigenvalue weighted by atomic mass is 19.1. The number of rotatable bonds is 7. The fraction of sp³-hybridized carbons (Fsp3) is 0.304. The fourth-order valence-corrected chi connectivity index (χ4v) is 3.53. The van der Waals surface area contributed by atoms with Gasteiger partial charge in [-0.3, -0.25) is 9.59 Å². The number of nitrogens with one attached hydrogen (secondary N) is 1. The predicted molar refractivity (Wildman–Crippen MR) is 116 cm³/mol. The first-order chi connectivity index (χ1) is 15.4. The number of aryl methyl sites for hydroxylation is 2. The van der Waals surface area contributed by atoms with Crippen LogP contribution in [0.25, 0.3) is 11.4 Å². The molecule has 0 saturated carbocycles. The van der Waals surface area contributed by atoms with Crippen molar-refractivity contribution in [2.75, 3.05) is 23.9 Å². The van der Waals surface area contributed by atoms with Crippen molar-refractivity contribution in [3.05, 3.63) is 53.7 Å². The molecule has 1 saturated heterocycles. The molecule has 2 heterocycles. The predicted octanol–water partition coefficient (Wildman–Crippen LogP) is 3.89. The van der Waals surface area contributed by atoms with Gasteiger partial charge in [0.15, 0.2) is 0 Å². The Balaban J connectivity index is 1.39. The van der Waals surface area contributed by atoms with Gasteiger partial charge in [-0.25, -0.2) is 4.39 Å². The third-order valence-electron chi connectivity index (χ3n) is 5.29. The van der Waals surface area contributed by atoms with Gasteiger partial charge in [0, 0.05) is 37.1 Å². The standard InChI is InChI=1S/C23H23FN4O4/c1-14-5-6-15(12-17(14)24)23-26-21(32-27-23)10-9-20(29)25-16-7-8-19(31-2)18(13-16)28-11-3-4-22(28)30/h5-8,12-13H,3-4,9-11H2,1-2H3,(H,25,29). The zero-order chi connectivity index (χ0) is 22.7. The molecule has 1 aromatic heterocycles. The topological polar surface area (TPSA) is 97.6 Å². The molecule has 4 rings (SSSR count). The zero-order valence-corrected chi connectivity index (χ0v) is 17.9. The van der Waals surface area contributed by atoms with Crippen LogP contribution < -0.4 is 15.0 Å². The second-order valence-corrected chi connectivity index (χ2v) is 7.56. The number of aromatic nitrogens is 2. The fourth-order valence-electron chi connectivity index (χ4n) is 3.53. The van der Waals surface area contributed by atoms with E-state index in [0.717, 1.165) is 6.42 Å². The molecule has 0 radical (unpaired) electrons. The van der Waals surface area contributed by atoms with Crippen LogP contribution in [-0.2, 0) is 16.0 Å². The molecule has 0 aliphatic carbocycles. The number of hydrogen-bond donors (Lipinski definition) is 1. The van der Waals surface area contributed by atoms with Crippen molar-refractivity contribution in [3.8, 4) is 17.1 Å². The van der Waals surface area contributed by atoms with Crippen LogP contribution in [0.5, 0.6) is 5.75 Å². The molecule has 1 aliphatic rings. The first-order valence-electron chi connectivity index (χ1n) is 10.3. The number of nitrogens with zero attached hydrogens (tertiary/aromatic N) is 3. The van der Waals surface area contributed by atoms with Gasteiger partial charge < -0.3 is 19.5 Å². The third kappa shape index (κ3) is 4.61. The van der Waals surface area contributed by atoms with Crippen LogP contribution in [-0.4, -0.2) is 35.6 Å². The molecule has 1 fully saturated rings. The Bertz CT molecular complexity index is 1160. The molecule has 2 amide bonds. The summed E-state index contributed by atoms with van der Waals surface area (Å²) in [5.74, 6) is 0.581. The van der Waals surface area contributed by atoms with Crippen molar-refractivity contribution >= 4 is 23.2 Å². The van der Waals surface area contributed by atoms with Gasteiger partial charge in [0.05, 0.1) is 12.8 Å². The molecular formula is C23H23FN4O4.